The average Bonchev–Trinajstić information content (AvgIpc) is 3.38. The molecule has 1 aromatic rings. The van der Waals surface area contributed by atoms with E-state index in [2.05, 4.69) is 9.44 Å². The summed E-state index contributed by atoms with van der Waals surface area (Å²) in [6.45, 7) is 0.191. The minimum absolute atomic E-state index is 0. The van der Waals surface area contributed by atoms with Crippen molar-refractivity contribution in [1.29, 1.82) is 0 Å². The van der Waals surface area contributed by atoms with Gasteiger partial charge in [0.15, 0.2) is 0 Å². The predicted octanol–water partition coefficient (Wildman–Crippen LogP) is 0.565. The summed E-state index contributed by atoms with van der Waals surface area (Å²) in [5, 5.41) is 0. The average molecular weight is 396 g/mol. The van der Waals surface area contributed by atoms with Gasteiger partial charge in [0.2, 0.25) is 20.0 Å². The second-order valence-electron chi connectivity index (χ2n) is 6.22. The Balaban J connectivity index is 0.00000208. The van der Waals surface area contributed by atoms with Crippen molar-refractivity contribution in [3.05, 3.63) is 24.3 Å². The summed E-state index contributed by atoms with van der Waals surface area (Å²) in [4.78, 5) is 0.101. The third kappa shape index (κ3) is 4.90. The maximum absolute atomic E-state index is 12.2. The van der Waals surface area contributed by atoms with Crippen LogP contribution in [-0.4, -0.2) is 35.5 Å². The Hall–Kier alpha value is -0.710. The van der Waals surface area contributed by atoms with Crippen molar-refractivity contribution in [2.75, 3.05) is 6.54 Å². The molecule has 0 aliphatic heterocycles. The monoisotopic (exact) mass is 395 g/mol. The molecule has 0 aromatic heterocycles. The van der Waals surface area contributed by atoms with Gasteiger partial charge in [-0.1, -0.05) is 0 Å². The molecular formula is C14H22ClN3O4S2. The van der Waals surface area contributed by atoms with Gasteiger partial charge >= 0.3 is 0 Å². The highest BCUT2D eigenvalue weighted by Crippen LogP contribution is 2.31. The first-order valence-corrected chi connectivity index (χ1v) is 10.6. The summed E-state index contributed by atoms with van der Waals surface area (Å²) in [6, 6.07) is 5.04. The van der Waals surface area contributed by atoms with E-state index < -0.39 is 20.0 Å². The largest absolute Gasteiger partial charge is 0.326 e. The molecule has 2 saturated carbocycles. The van der Waals surface area contributed by atoms with Crippen LogP contribution < -0.4 is 15.2 Å². The summed E-state index contributed by atoms with van der Waals surface area (Å²) < 4.78 is 53.5. The minimum atomic E-state index is -3.68. The lowest BCUT2D eigenvalue weighted by Crippen LogP contribution is -2.38. The quantitative estimate of drug-likeness (QED) is 0.594. The smallest absolute Gasteiger partial charge is 0.240 e. The Kier molecular flexibility index (Phi) is 5.94. The lowest BCUT2D eigenvalue weighted by Gasteiger charge is -2.12. The van der Waals surface area contributed by atoms with Crippen molar-refractivity contribution >= 4 is 32.5 Å². The maximum Gasteiger partial charge on any atom is 0.240 e. The first-order valence-electron chi connectivity index (χ1n) is 7.65. The molecule has 1 unspecified atom stereocenters. The standard InChI is InChI=1S/C14H21N3O4S2.ClH/c15-14(10-1-2-10)9-16-22(18,19)12-5-7-13(8-6-12)23(20,21)17-11-3-4-11;/h5-8,10-11,14,16-17H,1-4,9,15H2;1H. The zero-order valence-electron chi connectivity index (χ0n) is 13.0. The van der Waals surface area contributed by atoms with Crippen molar-refractivity contribution in [2.24, 2.45) is 11.7 Å². The third-order valence-electron chi connectivity index (χ3n) is 4.08. The molecule has 0 spiro atoms. The van der Waals surface area contributed by atoms with E-state index in [1.807, 2.05) is 0 Å². The summed E-state index contributed by atoms with van der Waals surface area (Å²) in [6.07, 6.45) is 3.78. The van der Waals surface area contributed by atoms with E-state index in [1.165, 1.54) is 24.3 Å². The van der Waals surface area contributed by atoms with Gasteiger partial charge in [-0.15, -0.1) is 12.4 Å². The second kappa shape index (κ2) is 7.27. The highest BCUT2D eigenvalue weighted by atomic mass is 35.5. The molecule has 7 nitrogen and oxygen atoms in total. The van der Waals surface area contributed by atoms with Crippen molar-refractivity contribution in [3.8, 4) is 0 Å². The SMILES string of the molecule is Cl.NC(CNS(=O)(=O)c1ccc(S(=O)(=O)NC2CC2)cc1)C1CC1. The van der Waals surface area contributed by atoms with Crippen LogP contribution in [0.15, 0.2) is 34.1 Å². The number of nitrogens with two attached hydrogens (primary N) is 1. The summed E-state index contributed by atoms with van der Waals surface area (Å²) in [7, 11) is -7.25. The van der Waals surface area contributed by atoms with Crippen LogP contribution in [0.25, 0.3) is 0 Å². The number of hydrogen-bond donors (Lipinski definition) is 3. The van der Waals surface area contributed by atoms with E-state index in [0.717, 1.165) is 25.7 Å². The molecule has 3 rings (SSSR count). The fourth-order valence-corrected chi connectivity index (χ4v) is 4.64. The van der Waals surface area contributed by atoms with Gasteiger partial charge in [0.1, 0.15) is 0 Å². The molecule has 136 valence electrons. The molecule has 4 N–H and O–H groups in total. The van der Waals surface area contributed by atoms with E-state index in [-0.39, 0.29) is 40.8 Å². The lowest BCUT2D eigenvalue weighted by atomic mass is 10.2. The topological polar surface area (TPSA) is 118 Å². The molecule has 2 aliphatic carbocycles. The normalized spacial score (nSPS) is 19.5. The van der Waals surface area contributed by atoms with Gasteiger partial charge in [-0.25, -0.2) is 26.3 Å². The van der Waals surface area contributed by atoms with Gasteiger partial charge in [0, 0.05) is 18.6 Å². The summed E-state index contributed by atoms with van der Waals surface area (Å²) >= 11 is 0. The van der Waals surface area contributed by atoms with Crippen LogP contribution >= 0.6 is 12.4 Å². The molecule has 24 heavy (non-hydrogen) atoms. The first kappa shape index (κ1) is 19.6. The van der Waals surface area contributed by atoms with Gasteiger partial charge < -0.3 is 5.73 Å². The van der Waals surface area contributed by atoms with Crippen LogP contribution in [-0.2, 0) is 20.0 Å². The molecular weight excluding hydrogens is 374 g/mol. The number of sulfonamides is 2. The first-order chi connectivity index (χ1) is 10.8. The number of benzene rings is 1. The van der Waals surface area contributed by atoms with Crippen LogP contribution in [0.3, 0.4) is 0 Å². The van der Waals surface area contributed by atoms with Gasteiger partial charge in [-0.05, 0) is 55.9 Å². The van der Waals surface area contributed by atoms with Gasteiger partial charge in [-0.2, -0.15) is 0 Å². The van der Waals surface area contributed by atoms with Crippen molar-refractivity contribution in [1.82, 2.24) is 9.44 Å². The molecule has 1 aromatic carbocycles. The Morgan fingerprint density at radius 1 is 0.958 bits per heavy atom. The predicted molar refractivity (Wildman–Crippen MR) is 92.9 cm³/mol. The van der Waals surface area contributed by atoms with E-state index in [4.69, 9.17) is 5.73 Å². The van der Waals surface area contributed by atoms with E-state index in [0.29, 0.717) is 5.92 Å². The van der Waals surface area contributed by atoms with Crippen molar-refractivity contribution in [3.63, 3.8) is 0 Å². The molecule has 2 aliphatic rings. The molecule has 0 amide bonds. The maximum atomic E-state index is 12.2. The Morgan fingerprint density at radius 3 is 1.92 bits per heavy atom. The molecule has 2 fully saturated rings. The van der Waals surface area contributed by atoms with Crippen LogP contribution in [0.1, 0.15) is 25.7 Å². The number of nitrogens with one attached hydrogen (secondary N) is 2. The number of hydrogen-bond acceptors (Lipinski definition) is 5. The summed E-state index contributed by atoms with van der Waals surface area (Å²) in [5.74, 6) is 0.402. The summed E-state index contributed by atoms with van der Waals surface area (Å²) in [5.41, 5.74) is 5.88. The second-order valence-corrected chi connectivity index (χ2v) is 9.70. The zero-order valence-corrected chi connectivity index (χ0v) is 15.5. The van der Waals surface area contributed by atoms with Crippen LogP contribution in [0.2, 0.25) is 0 Å². The van der Waals surface area contributed by atoms with E-state index in [1.54, 1.807) is 0 Å². The van der Waals surface area contributed by atoms with Crippen molar-refractivity contribution in [2.45, 2.75) is 47.6 Å². The molecule has 0 saturated heterocycles. The molecule has 10 heteroatoms. The third-order valence-corrected chi connectivity index (χ3v) is 7.06. The zero-order chi connectivity index (χ0) is 16.7. The Bertz CT molecular complexity index is 773. The number of rotatable bonds is 8. The molecule has 0 bridgehead atoms. The fraction of sp³-hybridized carbons (Fsp3) is 0.571. The van der Waals surface area contributed by atoms with Crippen LogP contribution in [0.5, 0.6) is 0 Å². The molecule has 0 heterocycles. The van der Waals surface area contributed by atoms with Gasteiger partial charge in [-0.3, -0.25) is 0 Å². The van der Waals surface area contributed by atoms with Crippen LogP contribution in [0, 0.1) is 5.92 Å². The van der Waals surface area contributed by atoms with E-state index in [9.17, 15) is 16.8 Å². The van der Waals surface area contributed by atoms with E-state index >= 15 is 0 Å². The number of halogens is 1. The Morgan fingerprint density at radius 2 is 1.46 bits per heavy atom. The van der Waals surface area contributed by atoms with Gasteiger partial charge in [0.05, 0.1) is 9.79 Å². The highest BCUT2D eigenvalue weighted by molar-refractivity contribution is 7.90. The van der Waals surface area contributed by atoms with Crippen molar-refractivity contribution < 1.29 is 16.8 Å². The molecule has 0 radical (unpaired) electrons. The molecule has 1 atom stereocenters. The Labute approximate surface area is 148 Å². The van der Waals surface area contributed by atoms with Gasteiger partial charge in [0.25, 0.3) is 0 Å². The fourth-order valence-electron chi connectivity index (χ4n) is 2.27. The minimum Gasteiger partial charge on any atom is -0.326 e. The highest BCUT2D eigenvalue weighted by Gasteiger charge is 2.30. The van der Waals surface area contributed by atoms with Crippen LogP contribution in [0.4, 0.5) is 0 Å². The lowest BCUT2D eigenvalue weighted by molar-refractivity contribution is 0.547.